The fourth-order valence-corrected chi connectivity index (χ4v) is 2.68. The van der Waals surface area contributed by atoms with E-state index in [-0.39, 0.29) is 17.5 Å². The van der Waals surface area contributed by atoms with E-state index in [9.17, 15) is 24.9 Å². The van der Waals surface area contributed by atoms with Gasteiger partial charge in [0.15, 0.2) is 1.41 Å². The van der Waals surface area contributed by atoms with Crippen LogP contribution >= 0.6 is 0 Å². The van der Waals surface area contributed by atoms with E-state index in [2.05, 4.69) is 4.98 Å². The van der Waals surface area contributed by atoms with Crippen molar-refractivity contribution in [3.8, 4) is 0 Å². The van der Waals surface area contributed by atoms with Crippen molar-refractivity contribution >= 4 is 28.4 Å². The fraction of sp³-hybridized carbons (Fsp3) is 0.333. The van der Waals surface area contributed by atoms with Crippen LogP contribution in [-0.2, 0) is 4.79 Å². The van der Waals surface area contributed by atoms with Crippen molar-refractivity contribution in [2.75, 3.05) is 11.9 Å². The molecule has 0 radical (unpaired) electrons. The van der Waals surface area contributed by atoms with Crippen LogP contribution < -0.4 is 10.9 Å². The average molecular weight is 361 g/mol. The van der Waals surface area contributed by atoms with Gasteiger partial charge in [0.05, 0.1) is 12.1 Å². The summed E-state index contributed by atoms with van der Waals surface area (Å²) in [5.41, 5.74) is 1.96. The lowest BCUT2D eigenvalue weighted by Crippen LogP contribution is -2.49. The van der Waals surface area contributed by atoms with Crippen LogP contribution in [0.15, 0.2) is 35.1 Å². The number of fused-ring (bicyclic) bond motifs is 1. The summed E-state index contributed by atoms with van der Waals surface area (Å²) in [6, 6.07) is 4.94. The van der Waals surface area contributed by atoms with Crippen LogP contribution in [-0.4, -0.2) is 62.7 Å². The fourth-order valence-electron chi connectivity index (χ4n) is 2.68. The Labute approximate surface area is 149 Å². The molecule has 0 fully saturated rings. The van der Waals surface area contributed by atoms with E-state index in [4.69, 9.17) is 6.52 Å². The lowest BCUT2D eigenvalue weighted by atomic mass is 10.0. The molecule has 2 aromatic rings. The number of aromatic amines is 1. The van der Waals surface area contributed by atoms with Gasteiger partial charge in [0.1, 0.15) is 30.6 Å². The third-order valence-electron chi connectivity index (χ3n) is 4.30. The molecule has 1 heterocycles. The largest absolute Gasteiger partial charge is 0.394 e. The Morgan fingerprint density at radius 2 is 2.00 bits per heavy atom. The summed E-state index contributed by atoms with van der Waals surface area (Å²) in [5.74, 6) is 0. The minimum Gasteiger partial charge on any atom is -0.394 e. The second-order valence-corrected chi connectivity index (χ2v) is 6.20. The first kappa shape index (κ1) is 16.9. The maximum absolute atomic E-state index is 12.2. The number of rotatable bonds is 8. The highest BCUT2D eigenvalue weighted by Gasteiger charge is 2.31. The van der Waals surface area contributed by atoms with Gasteiger partial charge in [-0.3, -0.25) is 4.79 Å². The third kappa shape index (κ3) is 3.68. The molecule has 0 bridgehead atoms. The number of aromatic nitrogens is 1. The first-order chi connectivity index (χ1) is 12.9. The molecule has 0 saturated carbocycles. The molecule has 1 aromatic carbocycles. The van der Waals surface area contributed by atoms with Crippen molar-refractivity contribution < 1.29 is 26.6 Å². The summed E-state index contributed by atoms with van der Waals surface area (Å²) in [6.45, 7) is -0.808. The Bertz CT molecular complexity index is 943. The van der Waals surface area contributed by atoms with Crippen LogP contribution in [0.2, 0.25) is 1.41 Å². The predicted octanol–water partition coefficient (Wildman–Crippen LogP) is -0.630. The minimum atomic E-state index is -1.81. The number of nitrogens with one attached hydrogen (secondary N) is 2. The summed E-state index contributed by atoms with van der Waals surface area (Å²) in [4.78, 5) is 26.3. The van der Waals surface area contributed by atoms with Crippen LogP contribution in [0.4, 0.5) is 5.69 Å². The summed E-state index contributed by atoms with van der Waals surface area (Å²) in [6.07, 6.45) is -2.28. The smallest absolute Gasteiger partial charge is 0.255 e. The summed E-state index contributed by atoms with van der Waals surface area (Å²) in [5, 5.41) is 39.6. The highest BCUT2D eigenvalue weighted by atomic mass is 16.4. The molecule has 1 aliphatic carbocycles. The lowest BCUT2D eigenvalue weighted by molar-refractivity contribution is -0.117. The van der Waals surface area contributed by atoms with Crippen LogP contribution in [0.1, 0.15) is 12.0 Å². The van der Waals surface area contributed by atoms with Crippen LogP contribution in [0, 0.1) is 0 Å². The van der Waals surface area contributed by atoms with Gasteiger partial charge in [-0.1, -0.05) is 12.1 Å². The normalized spacial score (nSPS) is 18.5. The number of aliphatic hydroxyl groups is 4. The highest BCUT2D eigenvalue weighted by Crippen LogP contribution is 2.30. The predicted molar refractivity (Wildman–Crippen MR) is 95.7 cm³/mol. The molecule has 0 spiro atoms. The summed E-state index contributed by atoms with van der Waals surface area (Å²) >= 11 is 0. The zero-order valence-corrected chi connectivity index (χ0v) is 13.7. The molecule has 26 heavy (non-hydrogen) atoms. The van der Waals surface area contributed by atoms with Crippen molar-refractivity contribution in [2.24, 2.45) is 0 Å². The third-order valence-corrected chi connectivity index (χ3v) is 4.30. The van der Waals surface area contributed by atoms with Crippen molar-refractivity contribution in [3.63, 3.8) is 0 Å². The Morgan fingerprint density at radius 1 is 1.27 bits per heavy atom. The molecular formula is C18H20N2O6. The molecule has 8 nitrogen and oxygen atoms in total. The second kappa shape index (κ2) is 7.38. The highest BCUT2D eigenvalue weighted by molar-refractivity contribution is 5.88. The zero-order chi connectivity index (χ0) is 19.7. The molecule has 0 aliphatic heterocycles. The topological polar surface area (TPSA) is 143 Å². The van der Waals surface area contributed by atoms with Gasteiger partial charge in [-0.15, -0.1) is 0 Å². The molecule has 4 atom stereocenters. The number of benzene rings is 1. The molecule has 0 saturated heterocycles. The summed E-state index contributed by atoms with van der Waals surface area (Å²) < 4.78 is 8.13. The molecular weight excluding hydrogens is 340 g/mol. The quantitative estimate of drug-likeness (QED) is 0.344. The van der Waals surface area contributed by atoms with Crippen LogP contribution in [0.3, 0.4) is 0 Å². The molecule has 0 amide bonds. The Kier molecular flexibility index (Phi) is 4.81. The number of hydrogen-bond acceptors (Lipinski definition) is 7. The van der Waals surface area contributed by atoms with Crippen molar-refractivity contribution in [2.45, 2.75) is 30.8 Å². The first-order valence-electron chi connectivity index (χ1n) is 8.57. The molecule has 1 aromatic heterocycles. The lowest BCUT2D eigenvalue weighted by Gasteiger charge is -2.26. The Morgan fingerprint density at radius 3 is 2.62 bits per heavy atom. The average Bonchev–Trinajstić information content (AvgIpc) is 3.51. The van der Waals surface area contributed by atoms with E-state index in [0.29, 0.717) is 16.4 Å². The Balaban J connectivity index is 1.90. The maximum atomic E-state index is 12.2. The van der Waals surface area contributed by atoms with Gasteiger partial charge >= 0.3 is 0 Å². The molecule has 6 N–H and O–H groups in total. The molecule has 8 heteroatoms. The van der Waals surface area contributed by atoms with Crippen molar-refractivity contribution in [1.82, 2.24) is 4.98 Å². The molecule has 0 unspecified atom stereocenters. The minimum absolute atomic E-state index is 0.193. The molecule has 3 rings (SSSR count). The van der Waals surface area contributed by atoms with E-state index in [1.165, 1.54) is 12.1 Å². The Hall–Kier alpha value is -2.52. The van der Waals surface area contributed by atoms with Gasteiger partial charge in [-0.2, -0.15) is 0 Å². The second-order valence-electron chi connectivity index (χ2n) is 6.20. The number of aldehydes is 1. The number of carbonyl (C=O) groups is 1. The number of pyridine rings is 1. The van der Waals surface area contributed by atoms with Crippen molar-refractivity contribution in [3.05, 3.63) is 46.3 Å². The number of H-pyrrole nitrogens is 1. The van der Waals surface area contributed by atoms with Gasteiger partial charge in [0.25, 0.3) is 5.56 Å². The standard InChI is InChI=1S/C18H20N2O6/c21-7-14(16(24)17(25)15(23)8-22)19-11-4-3-10-5-12(9-1-2-9)18(26)20-13(10)6-11/h1,3-7,14-17,19,22-25H,2,8H2,(H,20,26)/t14-,15+,16+,17+/m0/s1/i/hD. The number of hydrogen-bond donors (Lipinski definition) is 6. The molecule has 1 aliphatic rings. The van der Waals surface area contributed by atoms with Gasteiger partial charge in [0, 0.05) is 11.3 Å². The number of anilines is 1. The number of aliphatic hydroxyl groups excluding tert-OH is 4. The van der Waals surface area contributed by atoms with Crippen LogP contribution in [0.25, 0.3) is 16.5 Å². The van der Waals surface area contributed by atoms with E-state index in [1.807, 2.05) is 6.08 Å². The summed E-state index contributed by atoms with van der Waals surface area (Å²) in [7, 11) is 0. The van der Waals surface area contributed by atoms with Gasteiger partial charge in [-0.05, 0) is 35.6 Å². The van der Waals surface area contributed by atoms with E-state index in [0.717, 1.165) is 17.4 Å². The number of allylic oxidation sites excluding steroid dienone is 2. The maximum Gasteiger partial charge on any atom is 0.255 e. The number of carbonyl (C=O) groups excluding carboxylic acids is 1. The van der Waals surface area contributed by atoms with Crippen LogP contribution in [0.5, 0.6) is 0 Å². The first-order valence-corrected chi connectivity index (χ1v) is 8.12. The van der Waals surface area contributed by atoms with E-state index in [1.54, 1.807) is 12.1 Å². The van der Waals surface area contributed by atoms with E-state index < -0.39 is 31.0 Å². The van der Waals surface area contributed by atoms with Gasteiger partial charge < -0.3 is 35.5 Å². The van der Waals surface area contributed by atoms with E-state index >= 15 is 0 Å². The van der Waals surface area contributed by atoms with Gasteiger partial charge in [0.2, 0.25) is 0 Å². The molecule has 138 valence electrons. The monoisotopic (exact) mass is 361 g/mol. The van der Waals surface area contributed by atoms with Crippen molar-refractivity contribution in [1.29, 1.82) is 0 Å². The SMILES string of the molecule is [2H]N(c1ccc2cc(C3=CC3)c(=O)[nH]c2c1)[C@@H](C=O)[C@@H](O)[C@H](O)[C@H](O)CO. The van der Waals surface area contributed by atoms with Gasteiger partial charge in [-0.25, -0.2) is 0 Å². The zero-order valence-electron chi connectivity index (χ0n) is 14.7.